The van der Waals surface area contributed by atoms with Crippen LogP contribution in [0.15, 0.2) is 23.1 Å². The highest BCUT2D eigenvalue weighted by Gasteiger charge is 2.25. The van der Waals surface area contributed by atoms with E-state index in [4.69, 9.17) is 5.26 Å². The van der Waals surface area contributed by atoms with Crippen LogP contribution in [0.2, 0.25) is 0 Å². The number of halogens is 1. The molecular weight excluding hydrogens is 285 g/mol. The fraction of sp³-hybridized carbons (Fsp3) is 0.333. The van der Waals surface area contributed by atoms with Gasteiger partial charge in [-0.1, -0.05) is 6.07 Å². The molecule has 1 saturated carbocycles. The van der Waals surface area contributed by atoms with Gasteiger partial charge in [-0.15, -0.1) is 0 Å². The lowest BCUT2D eigenvalue weighted by Gasteiger charge is -2.08. The average Bonchev–Trinajstić information content (AvgIpc) is 3.20. The third kappa shape index (κ3) is 3.31. The third-order valence-electron chi connectivity index (χ3n) is 2.74. The van der Waals surface area contributed by atoms with Gasteiger partial charge in [0.2, 0.25) is 15.9 Å². The Kier molecular flexibility index (Phi) is 4.01. The summed E-state index contributed by atoms with van der Waals surface area (Å²) in [6.45, 7) is -0.444. The van der Waals surface area contributed by atoms with Gasteiger partial charge in [0.05, 0.1) is 6.54 Å². The van der Waals surface area contributed by atoms with Crippen LogP contribution in [0.3, 0.4) is 0 Å². The summed E-state index contributed by atoms with van der Waals surface area (Å²) in [5, 5.41) is 11.4. The zero-order valence-electron chi connectivity index (χ0n) is 10.4. The molecule has 8 heteroatoms. The zero-order valence-corrected chi connectivity index (χ0v) is 11.2. The Hall–Kier alpha value is -1.98. The Morgan fingerprint density at radius 3 is 2.75 bits per heavy atom. The number of hydrogen-bond donors (Lipinski definition) is 2. The van der Waals surface area contributed by atoms with Crippen molar-refractivity contribution in [3.63, 3.8) is 0 Å². The predicted octanol–water partition coefficient (Wildman–Crippen LogP) is 0.254. The quantitative estimate of drug-likeness (QED) is 0.814. The second kappa shape index (κ2) is 5.56. The highest BCUT2D eigenvalue weighted by atomic mass is 32.2. The maximum absolute atomic E-state index is 13.4. The largest absolute Gasteiger partial charge is 0.352 e. The first-order valence-electron chi connectivity index (χ1n) is 5.91. The van der Waals surface area contributed by atoms with Crippen molar-refractivity contribution in [2.24, 2.45) is 0 Å². The molecule has 6 nitrogen and oxygen atoms in total. The Balaban J connectivity index is 2.12. The SMILES string of the molecule is N#Cc1c(F)cccc1S(=O)(=O)NCC(=O)NC1CC1. The van der Waals surface area contributed by atoms with Gasteiger partial charge >= 0.3 is 0 Å². The smallest absolute Gasteiger partial charge is 0.242 e. The van der Waals surface area contributed by atoms with Crippen LogP contribution in [-0.4, -0.2) is 26.9 Å². The monoisotopic (exact) mass is 297 g/mol. The number of rotatable bonds is 5. The number of carbonyl (C=O) groups is 1. The van der Waals surface area contributed by atoms with E-state index in [9.17, 15) is 17.6 Å². The molecule has 0 radical (unpaired) electrons. The molecule has 0 bridgehead atoms. The topological polar surface area (TPSA) is 99.1 Å². The van der Waals surface area contributed by atoms with E-state index < -0.39 is 38.8 Å². The molecule has 1 aromatic carbocycles. The van der Waals surface area contributed by atoms with Gasteiger partial charge in [0, 0.05) is 6.04 Å². The summed E-state index contributed by atoms with van der Waals surface area (Å²) < 4.78 is 39.3. The normalized spacial score (nSPS) is 14.6. The summed E-state index contributed by atoms with van der Waals surface area (Å²) in [6, 6.07) is 4.93. The van der Waals surface area contributed by atoms with Crippen LogP contribution in [0.5, 0.6) is 0 Å². The number of nitriles is 1. The van der Waals surface area contributed by atoms with Gasteiger partial charge in [-0.05, 0) is 25.0 Å². The van der Waals surface area contributed by atoms with Crippen LogP contribution in [0.4, 0.5) is 4.39 Å². The lowest BCUT2D eigenvalue weighted by Crippen LogP contribution is -2.38. The van der Waals surface area contributed by atoms with Gasteiger partial charge in [0.25, 0.3) is 0 Å². The average molecular weight is 297 g/mol. The Morgan fingerprint density at radius 1 is 1.45 bits per heavy atom. The number of nitrogens with zero attached hydrogens (tertiary/aromatic N) is 1. The van der Waals surface area contributed by atoms with E-state index in [1.54, 1.807) is 0 Å². The first kappa shape index (κ1) is 14.4. The molecule has 106 valence electrons. The summed E-state index contributed by atoms with van der Waals surface area (Å²) in [5.41, 5.74) is -0.567. The first-order chi connectivity index (χ1) is 9.44. The summed E-state index contributed by atoms with van der Waals surface area (Å²) in [4.78, 5) is 10.9. The van der Waals surface area contributed by atoms with E-state index in [1.807, 2.05) is 0 Å². The number of amides is 1. The van der Waals surface area contributed by atoms with Crippen molar-refractivity contribution >= 4 is 15.9 Å². The lowest BCUT2D eigenvalue weighted by molar-refractivity contribution is -0.120. The van der Waals surface area contributed by atoms with E-state index in [-0.39, 0.29) is 6.04 Å². The molecule has 0 spiro atoms. The highest BCUT2D eigenvalue weighted by Crippen LogP contribution is 2.19. The minimum absolute atomic E-state index is 0.121. The summed E-state index contributed by atoms with van der Waals surface area (Å²) >= 11 is 0. The molecule has 2 N–H and O–H groups in total. The molecule has 1 aliphatic rings. The molecule has 1 fully saturated rings. The Bertz CT molecular complexity index is 678. The van der Waals surface area contributed by atoms with Crippen molar-refractivity contribution in [2.75, 3.05) is 6.54 Å². The van der Waals surface area contributed by atoms with E-state index in [0.29, 0.717) is 0 Å². The second-order valence-electron chi connectivity index (χ2n) is 4.39. The van der Waals surface area contributed by atoms with Gasteiger partial charge in [-0.2, -0.15) is 5.26 Å². The highest BCUT2D eigenvalue weighted by molar-refractivity contribution is 7.89. The van der Waals surface area contributed by atoms with E-state index >= 15 is 0 Å². The molecule has 1 amide bonds. The lowest BCUT2D eigenvalue weighted by atomic mass is 10.2. The molecule has 0 unspecified atom stereocenters. The maximum atomic E-state index is 13.4. The fourth-order valence-corrected chi connectivity index (χ4v) is 2.73. The number of carbonyl (C=O) groups excluding carboxylic acids is 1. The van der Waals surface area contributed by atoms with E-state index in [2.05, 4.69) is 10.0 Å². The van der Waals surface area contributed by atoms with Crippen LogP contribution in [0, 0.1) is 17.1 Å². The van der Waals surface area contributed by atoms with Gasteiger partial charge in [0.15, 0.2) is 0 Å². The molecule has 20 heavy (non-hydrogen) atoms. The van der Waals surface area contributed by atoms with Crippen LogP contribution < -0.4 is 10.0 Å². The van der Waals surface area contributed by atoms with Crippen molar-refractivity contribution < 1.29 is 17.6 Å². The number of benzene rings is 1. The van der Waals surface area contributed by atoms with Crippen molar-refractivity contribution in [3.8, 4) is 6.07 Å². The van der Waals surface area contributed by atoms with Crippen molar-refractivity contribution in [2.45, 2.75) is 23.8 Å². The van der Waals surface area contributed by atoms with Crippen LogP contribution >= 0.6 is 0 Å². The Labute approximate surface area is 115 Å². The fourth-order valence-electron chi connectivity index (χ4n) is 1.58. The number of hydrogen-bond acceptors (Lipinski definition) is 4. The molecule has 0 saturated heterocycles. The van der Waals surface area contributed by atoms with E-state index in [0.717, 1.165) is 25.0 Å². The van der Waals surface area contributed by atoms with Crippen molar-refractivity contribution in [1.29, 1.82) is 5.26 Å². The minimum Gasteiger partial charge on any atom is -0.352 e. The van der Waals surface area contributed by atoms with Gasteiger partial charge in [-0.25, -0.2) is 17.5 Å². The van der Waals surface area contributed by atoms with Crippen LogP contribution in [-0.2, 0) is 14.8 Å². The number of nitrogens with one attached hydrogen (secondary N) is 2. The predicted molar refractivity (Wildman–Crippen MR) is 67.5 cm³/mol. The van der Waals surface area contributed by atoms with E-state index in [1.165, 1.54) is 12.1 Å². The molecule has 1 aliphatic carbocycles. The first-order valence-corrected chi connectivity index (χ1v) is 7.40. The Morgan fingerprint density at radius 2 is 2.15 bits per heavy atom. The standard InChI is InChI=1S/C12H12FN3O3S/c13-10-2-1-3-11(9(10)6-14)20(18,19)15-7-12(17)16-8-4-5-8/h1-3,8,15H,4-5,7H2,(H,16,17). The summed E-state index contributed by atoms with van der Waals surface area (Å²) in [6.07, 6.45) is 1.78. The van der Waals surface area contributed by atoms with Gasteiger partial charge in [-0.3, -0.25) is 4.79 Å². The molecule has 0 atom stereocenters. The molecule has 1 aromatic rings. The third-order valence-corrected chi connectivity index (χ3v) is 4.19. The van der Waals surface area contributed by atoms with Crippen molar-refractivity contribution in [1.82, 2.24) is 10.0 Å². The minimum atomic E-state index is -4.11. The maximum Gasteiger partial charge on any atom is 0.242 e. The van der Waals surface area contributed by atoms with Gasteiger partial charge in [0.1, 0.15) is 22.3 Å². The van der Waals surface area contributed by atoms with Crippen LogP contribution in [0.25, 0.3) is 0 Å². The summed E-state index contributed by atoms with van der Waals surface area (Å²) in [5.74, 6) is -1.37. The van der Waals surface area contributed by atoms with Crippen LogP contribution in [0.1, 0.15) is 18.4 Å². The zero-order chi connectivity index (χ0) is 14.8. The number of sulfonamides is 1. The molecule has 0 heterocycles. The molecule has 0 aromatic heterocycles. The van der Waals surface area contributed by atoms with Gasteiger partial charge < -0.3 is 5.32 Å². The molecule has 0 aliphatic heterocycles. The van der Waals surface area contributed by atoms with Crippen molar-refractivity contribution in [3.05, 3.63) is 29.6 Å². The molecular formula is C12H12FN3O3S. The second-order valence-corrected chi connectivity index (χ2v) is 6.13. The molecule has 2 rings (SSSR count). The summed E-state index contributed by atoms with van der Waals surface area (Å²) in [7, 11) is -4.11.